The van der Waals surface area contributed by atoms with Crippen LogP contribution in [-0.2, 0) is 19.2 Å². The van der Waals surface area contributed by atoms with Gasteiger partial charge in [0.2, 0.25) is 0 Å². The molecule has 0 aliphatic heterocycles. The maximum atomic E-state index is 10.9. The molecule has 1 aliphatic carbocycles. The molecular weight excluding hydrogens is 324 g/mol. The zero-order valence-electron chi connectivity index (χ0n) is 13.1. The summed E-state index contributed by atoms with van der Waals surface area (Å²) in [6.07, 6.45) is 2.30. The van der Waals surface area contributed by atoms with E-state index in [0.717, 1.165) is 0 Å². The predicted octanol–water partition coefficient (Wildman–Crippen LogP) is -8.93. The molecule has 0 unspecified atom stereocenters. The van der Waals surface area contributed by atoms with Crippen LogP contribution < -0.4 is 30.2 Å². The highest BCUT2D eigenvalue weighted by molar-refractivity contribution is 5.68. The van der Waals surface area contributed by atoms with Crippen LogP contribution in [0.1, 0.15) is 25.7 Å². The Morgan fingerprint density at radius 1 is 0.625 bits per heavy atom. The lowest BCUT2D eigenvalue weighted by molar-refractivity contribution is -0.986. The number of rotatable bonds is 10. The van der Waals surface area contributed by atoms with Gasteiger partial charge >= 0.3 is 0 Å². The molecular formula is C14H20N2O8-2. The van der Waals surface area contributed by atoms with Gasteiger partial charge in [0.05, 0.1) is 23.9 Å². The number of carboxylic acids is 4. The summed E-state index contributed by atoms with van der Waals surface area (Å²) < 4.78 is 0. The average Bonchev–Trinajstić information content (AvgIpc) is 2.44. The molecule has 1 rings (SSSR count). The molecule has 0 saturated heterocycles. The molecule has 10 heteroatoms. The molecule has 0 heterocycles. The number of hydrogen-bond acceptors (Lipinski definition) is 8. The van der Waals surface area contributed by atoms with E-state index in [1.54, 1.807) is 0 Å². The number of quaternary nitrogens is 2. The van der Waals surface area contributed by atoms with Crippen molar-refractivity contribution in [2.45, 2.75) is 37.8 Å². The highest BCUT2D eigenvalue weighted by Gasteiger charge is 2.40. The molecule has 2 N–H and O–H groups in total. The van der Waals surface area contributed by atoms with E-state index >= 15 is 0 Å². The lowest BCUT2D eigenvalue weighted by atomic mass is 9.87. The minimum atomic E-state index is -1.45. The van der Waals surface area contributed by atoms with Crippen LogP contribution in [-0.4, -0.2) is 62.1 Å². The number of carboxylic acid groups (broad SMARTS) is 4. The summed E-state index contributed by atoms with van der Waals surface area (Å²) in [5.41, 5.74) is 0. The van der Waals surface area contributed by atoms with E-state index in [4.69, 9.17) is 0 Å². The number of carbonyl (C=O) groups is 4. The summed E-state index contributed by atoms with van der Waals surface area (Å²) in [6.45, 7) is -2.34. The SMILES string of the molecule is O=C([O-])C[NH+](CC(=O)[O-])[C@@H]1CCCC[C@H]1[NH+](CC(=O)[O-])CC(=O)[O-]. The van der Waals surface area contributed by atoms with Gasteiger partial charge in [-0.1, -0.05) is 0 Å². The van der Waals surface area contributed by atoms with Gasteiger partial charge in [0.1, 0.15) is 38.3 Å². The molecule has 0 aromatic carbocycles. The summed E-state index contributed by atoms with van der Waals surface area (Å²) in [6, 6.07) is -1.08. The molecule has 0 bridgehead atoms. The molecule has 0 aromatic rings. The van der Waals surface area contributed by atoms with E-state index < -0.39 is 62.1 Å². The Kier molecular flexibility index (Phi) is 7.59. The average molecular weight is 344 g/mol. The van der Waals surface area contributed by atoms with Crippen LogP contribution in [0.4, 0.5) is 0 Å². The van der Waals surface area contributed by atoms with Crippen molar-refractivity contribution in [1.29, 1.82) is 0 Å². The Bertz CT molecular complexity index is 419. The van der Waals surface area contributed by atoms with Crippen molar-refractivity contribution in [2.75, 3.05) is 26.2 Å². The summed E-state index contributed by atoms with van der Waals surface area (Å²) in [5.74, 6) is -5.79. The molecule has 24 heavy (non-hydrogen) atoms. The molecule has 0 amide bonds. The predicted molar refractivity (Wildman–Crippen MR) is 67.5 cm³/mol. The Hall–Kier alpha value is -2.20. The van der Waals surface area contributed by atoms with E-state index in [9.17, 15) is 39.6 Å². The van der Waals surface area contributed by atoms with Gasteiger partial charge in [0, 0.05) is 12.8 Å². The van der Waals surface area contributed by atoms with Gasteiger partial charge in [-0.3, -0.25) is 0 Å². The molecule has 10 nitrogen and oxygen atoms in total. The molecule has 1 saturated carbocycles. The fourth-order valence-corrected chi connectivity index (χ4v) is 3.50. The first kappa shape index (κ1) is 19.8. The third-order valence-corrected chi connectivity index (χ3v) is 4.30. The molecule has 1 fully saturated rings. The van der Waals surface area contributed by atoms with Crippen LogP contribution >= 0.6 is 0 Å². The fourth-order valence-electron chi connectivity index (χ4n) is 3.50. The summed E-state index contributed by atoms with van der Waals surface area (Å²) in [7, 11) is 0. The number of aliphatic carboxylic acids is 4. The van der Waals surface area contributed by atoms with Crippen LogP contribution in [0, 0.1) is 0 Å². The van der Waals surface area contributed by atoms with E-state index in [2.05, 4.69) is 0 Å². The Balaban J connectivity index is 3.03. The lowest BCUT2D eigenvalue weighted by Crippen LogP contribution is -3.28. The Labute approximate surface area is 138 Å². The maximum Gasteiger partial charge on any atom is 0.140 e. The fraction of sp³-hybridized carbons (Fsp3) is 0.714. The summed E-state index contributed by atoms with van der Waals surface area (Å²) in [5, 5.41) is 43.6. The van der Waals surface area contributed by atoms with Gasteiger partial charge in [-0.25, -0.2) is 0 Å². The van der Waals surface area contributed by atoms with Gasteiger partial charge in [0.15, 0.2) is 0 Å². The summed E-state index contributed by atoms with van der Waals surface area (Å²) >= 11 is 0. The normalized spacial score (nSPS) is 20.9. The zero-order valence-corrected chi connectivity index (χ0v) is 13.1. The molecule has 1 aliphatic rings. The first-order chi connectivity index (χ1) is 11.2. The van der Waals surface area contributed by atoms with Crippen molar-refractivity contribution in [1.82, 2.24) is 0 Å². The molecule has 0 aromatic heterocycles. The maximum absolute atomic E-state index is 10.9. The van der Waals surface area contributed by atoms with Crippen molar-refractivity contribution < 1.29 is 49.4 Å². The monoisotopic (exact) mass is 344 g/mol. The molecule has 136 valence electrons. The molecule has 2 atom stereocenters. The number of hydrogen-bond donors (Lipinski definition) is 2. The van der Waals surface area contributed by atoms with Crippen molar-refractivity contribution >= 4 is 23.9 Å². The highest BCUT2D eigenvalue weighted by Crippen LogP contribution is 2.15. The summed E-state index contributed by atoms with van der Waals surface area (Å²) in [4.78, 5) is 43.9. The van der Waals surface area contributed by atoms with E-state index in [-0.39, 0.29) is 9.80 Å². The molecule has 0 spiro atoms. The van der Waals surface area contributed by atoms with Crippen LogP contribution in [0.25, 0.3) is 0 Å². The van der Waals surface area contributed by atoms with Crippen molar-refractivity contribution in [3.05, 3.63) is 0 Å². The second kappa shape index (κ2) is 9.18. The molecule has 0 radical (unpaired) electrons. The topological polar surface area (TPSA) is 169 Å². The van der Waals surface area contributed by atoms with Crippen LogP contribution in [0.5, 0.6) is 0 Å². The standard InChI is InChI=1S/C14H22N2O8/c17-11(18)5-15(6-12(19)20)9-3-1-2-4-10(9)16(7-13(21)22)8-14(23)24/h9-10H,1-8H2,(H,17,18)(H,19,20)(H,21,22)(H,23,24)/p-2/t9-,10-/m1/s1. The quantitative estimate of drug-likeness (QED) is 0.393. The van der Waals surface area contributed by atoms with Gasteiger partial charge in [-0.2, -0.15) is 0 Å². The first-order valence-electron chi connectivity index (χ1n) is 7.69. The van der Waals surface area contributed by atoms with Crippen molar-refractivity contribution in [3.63, 3.8) is 0 Å². The Morgan fingerprint density at radius 2 is 0.875 bits per heavy atom. The van der Waals surface area contributed by atoms with Gasteiger partial charge < -0.3 is 49.4 Å². The minimum absolute atomic E-state index is 0.161. The second-order valence-electron chi connectivity index (χ2n) is 6.01. The van der Waals surface area contributed by atoms with Gasteiger partial charge in [-0.15, -0.1) is 0 Å². The van der Waals surface area contributed by atoms with Crippen LogP contribution in [0.15, 0.2) is 0 Å². The third kappa shape index (κ3) is 6.50. The van der Waals surface area contributed by atoms with Crippen LogP contribution in [0.3, 0.4) is 0 Å². The van der Waals surface area contributed by atoms with Crippen LogP contribution in [0.2, 0.25) is 0 Å². The van der Waals surface area contributed by atoms with Gasteiger partial charge in [-0.05, 0) is 12.8 Å². The van der Waals surface area contributed by atoms with E-state index in [1.807, 2.05) is 0 Å². The zero-order chi connectivity index (χ0) is 18.3. The smallest absolute Gasteiger partial charge is 0.140 e. The number of carbonyl (C=O) groups excluding carboxylic acids is 4. The third-order valence-electron chi connectivity index (χ3n) is 4.30. The van der Waals surface area contributed by atoms with E-state index in [1.165, 1.54) is 0 Å². The van der Waals surface area contributed by atoms with Gasteiger partial charge in [0.25, 0.3) is 0 Å². The second-order valence-corrected chi connectivity index (χ2v) is 6.01. The minimum Gasteiger partial charge on any atom is -0.544 e. The van der Waals surface area contributed by atoms with Crippen molar-refractivity contribution in [2.24, 2.45) is 0 Å². The lowest BCUT2D eigenvalue weighted by Gasteiger charge is -2.40. The largest absolute Gasteiger partial charge is 0.544 e. The van der Waals surface area contributed by atoms with Crippen molar-refractivity contribution in [3.8, 4) is 0 Å². The first-order valence-corrected chi connectivity index (χ1v) is 7.69. The highest BCUT2D eigenvalue weighted by atomic mass is 16.4. The Morgan fingerprint density at radius 3 is 1.08 bits per heavy atom. The number of nitrogens with one attached hydrogen (secondary N) is 2. The van der Waals surface area contributed by atoms with E-state index in [0.29, 0.717) is 25.7 Å².